The lowest BCUT2D eigenvalue weighted by Crippen LogP contribution is -2.30. The Balaban J connectivity index is 0.00000140. The van der Waals surface area contributed by atoms with Gasteiger partial charge in [0.2, 0.25) is 5.95 Å². The predicted molar refractivity (Wildman–Crippen MR) is 111 cm³/mol. The molecular formula is C18H22Cl2N6O2. The molecule has 150 valence electrons. The molecule has 1 aliphatic rings. The molecule has 0 radical (unpaired) electrons. The fourth-order valence-corrected chi connectivity index (χ4v) is 3.11. The van der Waals surface area contributed by atoms with E-state index >= 15 is 0 Å². The highest BCUT2D eigenvalue weighted by Gasteiger charge is 2.23. The molecule has 1 atom stereocenters. The van der Waals surface area contributed by atoms with Gasteiger partial charge in [-0.05, 0) is 25.6 Å². The summed E-state index contributed by atoms with van der Waals surface area (Å²) in [5.41, 5.74) is 1.85. The predicted octanol–water partition coefficient (Wildman–Crippen LogP) is 2.85. The molecule has 10 heteroatoms. The average molecular weight is 425 g/mol. The molecule has 2 N–H and O–H groups in total. The number of anilines is 1. The van der Waals surface area contributed by atoms with Crippen molar-refractivity contribution in [3.63, 3.8) is 0 Å². The molecule has 8 nitrogen and oxygen atoms in total. The van der Waals surface area contributed by atoms with Crippen LogP contribution in [0, 0.1) is 6.92 Å². The Morgan fingerprint density at radius 2 is 2.00 bits per heavy atom. The van der Waals surface area contributed by atoms with Crippen molar-refractivity contribution in [1.29, 1.82) is 0 Å². The number of aromatic nitrogens is 4. The maximum Gasteiger partial charge on any atom is 0.245 e. The van der Waals surface area contributed by atoms with Crippen molar-refractivity contribution in [3.05, 3.63) is 36.5 Å². The Hall–Kier alpha value is -2.42. The van der Waals surface area contributed by atoms with Gasteiger partial charge in [0.25, 0.3) is 0 Å². The highest BCUT2D eigenvalue weighted by molar-refractivity contribution is 5.85. The third-order valence-corrected chi connectivity index (χ3v) is 4.61. The van der Waals surface area contributed by atoms with E-state index in [1.165, 1.54) is 0 Å². The van der Waals surface area contributed by atoms with Gasteiger partial charge in [0.05, 0.1) is 12.4 Å². The van der Waals surface area contributed by atoms with E-state index in [1.54, 1.807) is 31.5 Å². The van der Waals surface area contributed by atoms with E-state index in [0.717, 1.165) is 25.1 Å². The highest BCUT2D eigenvalue weighted by Crippen LogP contribution is 2.32. The van der Waals surface area contributed by atoms with Crippen LogP contribution in [0.4, 0.5) is 5.95 Å². The van der Waals surface area contributed by atoms with Crippen molar-refractivity contribution in [3.8, 4) is 28.3 Å². The maximum atomic E-state index is 10.4. The third-order valence-electron chi connectivity index (χ3n) is 4.61. The molecule has 0 bridgehead atoms. The Morgan fingerprint density at radius 3 is 2.57 bits per heavy atom. The number of nitrogens with zero attached hydrogens (tertiary/aromatic N) is 5. The third kappa shape index (κ3) is 4.35. The Morgan fingerprint density at radius 1 is 1.18 bits per heavy atom. The first kappa shape index (κ1) is 21.9. The summed E-state index contributed by atoms with van der Waals surface area (Å²) in [4.78, 5) is 10.6. The first-order valence-electron chi connectivity index (χ1n) is 8.52. The van der Waals surface area contributed by atoms with Crippen molar-refractivity contribution in [2.75, 3.05) is 25.0 Å². The number of rotatable bonds is 4. The molecule has 1 aliphatic heterocycles. The van der Waals surface area contributed by atoms with Gasteiger partial charge in [0, 0.05) is 37.2 Å². The lowest BCUT2D eigenvalue weighted by atomic mass is 10.1. The second-order valence-corrected chi connectivity index (χ2v) is 6.34. The van der Waals surface area contributed by atoms with Crippen LogP contribution in [-0.4, -0.2) is 51.5 Å². The highest BCUT2D eigenvalue weighted by atomic mass is 35.5. The van der Waals surface area contributed by atoms with Gasteiger partial charge in [-0.1, -0.05) is 6.07 Å². The van der Waals surface area contributed by atoms with Crippen molar-refractivity contribution in [2.24, 2.45) is 0 Å². The molecule has 1 saturated heterocycles. The molecule has 28 heavy (non-hydrogen) atoms. The van der Waals surface area contributed by atoms with E-state index in [4.69, 9.17) is 4.42 Å². The van der Waals surface area contributed by atoms with Gasteiger partial charge in [-0.3, -0.25) is 0 Å². The minimum atomic E-state index is 0. The molecule has 1 unspecified atom stereocenters. The van der Waals surface area contributed by atoms with Crippen LogP contribution in [0.15, 0.2) is 35.0 Å². The number of nitrogens with one attached hydrogen (secondary N) is 1. The second-order valence-electron chi connectivity index (χ2n) is 6.34. The molecular weight excluding hydrogens is 403 g/mol. The fraction of sp³-hybridized carbons (Fsp3) is 0.333. The summed E-state index contributed by atoms with van der Waals surface area (Å²) >= 11 is 0. The molecule has 3 aromatic rings. The Kier molecular flexibility index (Phi) is 7.17. The number of aromatic hydroxyl groups is 1. The van der Waals surface area contributed by atoms with Crippen LogP contribution in [0.25, 0.3) is 22.6 Å². The van der Waals surface area contributed by atoms with Crippen LogP contribution in [0.1, 0.15) is 12.3 Å². The Labute approximate surface area is 175 Å². The van der Waals surface area contributed by atoms with Crippen LogP contribution in [0.3, 0.4) is 0 Å². The summed E-state index contributed by atoms with van der Waals surface area (Å²) < 4.78 is 5.49. The minimum Gasteiger partial charge on any atom is -0.507 e. The molecule has 0 aliphatic carbocycles. The number of oxazole rings is 1. The SMILES string of the molecule is CNC1CCN(c2ncc(-c3ccc(-c4cnc(C)o4)cc3O)nn2)C1.Cl.Cl. The number of halogens is 2. The first-order chi connectivity index (χ1) is 12.6. The maximum absolute atomic E-state index is 10.4. The number of aryl methyl sites for hydroxylation is 1. The van der Waals surface area contributed by atoms with Crippen molar-refractivity contribution in [1.82, 2.24) is 25.5 Å². The fourth-order valence-electron chi connectivity index (χ4n) is 3.11. The van der Waals surface area contributed by atoms with Crippen LogP contribution in [0.2, 0.25) is 0 Å². The summed E-state index contributed by atoms with van der Waals surface area (Å²) in [5, 5.41) is 22.1. The van der Waals surface area contributed by atoms with Crippen molar-refractivity contribution < 1.29 is 9.52 Å². The topological polar surface area (TPSA) is 100 Å². The number of hydrogen-bond donors (Lipinski definition) is 2. The summed E-state index contributed by atoms with van der Waals surface area (Å²) in [6, 6.07) is 5.71. The number of benzene rings is 1. The van der Waals surface area contributed by atoms with E-state index in [-0.39, 0.29) is 30.6 Å². The molecule has 4 rings (SSSR count). The lowest BCUT2D eigenvalue weighted by molar-refractivity contribution is 0.476. The van der Waals surface area contributed by atoms with E-state index in [1.807, 2.05) is 13.1 Å². The van der Waals surface area contributed by atoms with E-state index < -0.39 is 0 Å². The van der Waals surface area contributed by atoms with E-state index in [2.05, 4.69) is 30.4 Å². The van der Waals surface area contributed by atoms with Gasteiger partial charge in [0.15, 0.2) is 11.7 Å². The number of hydrogen-bond acceptors (Lipinski definition) is 8. The molecule has 0 saturated carbocycles. The van der Waals surface area contributed by atoms with Gasteiger partial charge >= 0.3 is 0 Å². The van der Waals surface area contributed by atoms with Gasteiger partial charge in [-0.15, -0.1) is 35.0 Å². The van der Waals surface area contributed by atoms with Gasteiger partial charge < -0.3 is 19.7 Å². The molecule has 1 aromatic carbocycles. The number of likely N-dealkylation sites (N-methyl/N-ethyl adjacent to an activating group) is 1. The zero-order chi connectivity index (χ0) is 18.1. The zero-order valence-corrected chi connectivity index (χ0v) is 17.1. The summed E-state index contributed by atoms with van der Waals surface area (Å²) in [7, 11) is 1.96. The largest absolute Gasteiger partial charge is 0.507 e. The lowest BCUT2D eigenvalue weighted by Gasteiger charge is -2.15. The zero-order valence-electron chi connectivity index (χ0n) is 15.5. The van der Waals surface area contributed by atoms with Crippen LogP contribution < -0.4 is 10.2 Å². The molecule has 0 spiro atoms. The number of phenolic OH excluding ortho intramolecular Hbond substituents is 1. The first-order valence-corrected chi connectivity index (χ1v) is 8.52. The van der Waals surface area contributed by atoms with Gasteiger partial charge in [-0.25, -0.2) is 9.97 Å². The van der Waals surface area contributed by atoms with Crippen LogP contribution in [0.5, 0.6) is 5.75 Å². The van der Waals surface area contributed by atoms with E-state index in [0.29, 0.717) is 34.9 Å². The van der Waals surface area contributed by atoms with Gasteiger partial charge in [0.1, 0.15) is 11.4 Å². The average Bonchev–Trinajstić information content (AvgIpc) is 3.31. The quantitative estimate of drug-likeness (QED) is 0.658. The van der Waals surface area contributed by atoms with Crippen molar-refractivity contribution >= 4 is 30.8 Å². The van der Waals surface area contributed by atoms with Gasteiger partial charge in [-0.2, -0.15) is 0 Å². The Bertz CT molecular complexity index is 919. The molecule has 3 heterocycles. The molecule has 2 aromatic heterocycles. The van der Waals surface area contributed by atoms with Crippen molar-refractivity contribution in [2.45, 2.75) is 19.4 Å². The second kappa shape index (κ2) is 9.18. The monoisotopic (exact) mass is 424 g/mol. The number of phenols is 1. The molecule has 0 amide bonds. The summed E-state index contributed by atoms with van der Waals surface area (Å²) in [6.07, 6.45) is 4.34. The minimum absolute atomic E-state index is 0. The van der Waals surface area contributed by atoms with Crippen LogP contribution in [-0.2, 0) is 0 Å². The van der Waals surface area contributed by atoms with E-state index in [9.17, 15) is 5.11 Å². The smallest absolute Gasteiger partial charge is 0.245 e. The van der Waals surface area contributed by atoms with Crippen LogP contribution >= 0.6 is 24.8 Å². The summed E-state index contributed by atoms with van der Waals surface area (Å²) in [5.74, 6) is 1.89. The standard InChI is InChI=1S/C18H20N6O2.2ClH/c1-11-20-9-17(26-11)12-3-4-14(16(25)7-12)15-8-21-18(23-22-15)24-6-5-13(10-24)19-2;;/h3-4,7-9,13,19,25H,5-6,10H2,1-2H3;2*1H. The normalized spacial score (nSPS) is 15.8. The summed E-state index contributed by atoms with van der Waals surface area (Å²) in [6.45, 7) is 3.55. The molecule has 1 fully saturated rings.